The molecule has 0 aromatic rings. The molecule has 0 saturated heterocycles. The third kappa shape index (κ3) is 9.21. The molecule has 2 fully saturated rings. The largest absolute Gasteiger partial charge is 0.464 e. The topological polar surface area (TPSA) is 125 Å². The van der Waals surface area contributed by atoms with Crippen LogP contribution in [0.4, 0.5) is 0 Å². The lowest BCUT2D eigenvalue weighted by atomic mass is 9.72. The van der Waals surface area contributed by atoms with Crippen molar-refractivity contribution < 1.29 is 24.2 Å². The van der Waals surface area contributed by atoms with Crippen LogP contribution in [-0.4, -0.2) is 93.2 Å². The second-order valence-electron chi connectivity index (χ2n) is 12.7. The maximum Gasteiger partial charge on any atom is 0.309 e. The molecule has 9 heteroatoms. The van der Waals surface area contributed by atoms with Crippen LogP contribution in [0, 0.1) is 40.9 Å². The number of ether oxygens (including phenoxy) is 1. The number of likely N-dealkylation sites (N-methyl/N-ethyl adjacent to an activating group) is 1. The number of rotatable bonds is 16. The van der Waals surface area contributed by atoms with Crippen LogP contribution >= 0.6 is 0 Å². The zero-order valence-electron chi connectivity index (χ0n) is 24.2. The van der Waals surface area contributed by atoms with E-state index in [1.807, 2.05) is 46.9 Å². The minimum Gasteiger partial charge on any atom is -0.464 e. The molecule has 0 spiro atoms. The number of aliphatic hydroxyl groups is 1. The molecule has 0 radical (unpaired) electrons. The van der Waals surface area contributed by atoms with Gasteiger partial charge in [0.15, 0.2) is 0 Å². The molecule has 9 nitrogen and oxygen atoms in total. The van der Waals surface area contributed by atoms with Crippen LogP contribution in [0.15, 0.2) is 0 Å². The molecule has 2 aliphatic rings. The summed E-state index contributed by atoms with van der Waals surface area (Å²) in [5.41, 5.74) is 5.05. The first-order chi connectivity index (χ1) is 17.2. The second-order valence-corrected chi connectivity index (χ2v) is 12.7. The van der Waals surface area contributed by atoms with Gasteiger partial charge < -0.3 is 30.7 Å². The van der Waals surface area contributed by atoms with Crippen LogP contribution in [0.5, 0.6) is 0 Å². The van der Waals surface area contributed by atoms with E-state index in [2.05, 4.69) is 17.1 Å². The van der Waals surface area contributed by atoms with Gasteiger partial charge in [0.05, 0.1) is 12.0 Å². The normalized spacial score (nSPS) is 26.9. The van der Waals surface area contributed by atoms with Crippen molar-refractivity contribution in [3.8, 4) is 0 Å². The zero-order valence-corrected chi connectivity index (χ0v) is 24.2. The second kappa shape index (κ2) is 13.9. The van der Waals surface area contributed by atoms with Gasteiger partial charge in [0.1, 0.15) is 6.61 Å². The first-order valence-corrected chi connectivity index (χ1v) is 13.9. The highest BCUT2D eigenvalue weighted by atomic mass is 16.5. The summed E-state index contributed by atoms with van der Waals surface area (Å²) in [6.45, 7) is 8.15. The van der Waals surface area contributed by atoms with E-state index in [1.54, 1.807) is 0 Å². The third-order valence-electron chi connectivity index (χ3n) is 8.67. The van der Waals surface area contributed by atoms with E-state index in [0.717, 1.165) is 25.8 Å². The molecule has 0 aromatic carbocycles. The molecule has 0 aromatic heterocycles. The quantitative estimate of drug-likeness (QED) is 0.207. The number of primary amides is 1. The average Bonchev–Trinajstić information content (AvgIpc) is 3.31. The Bertz CT molecular complexity index is 772. The van der Waals surface area contributed by atoms with E-state index in [-0.39, 0.29) is 49.3 Å². The van der Waals surface area contributed by atoms with Crippen LogP contribution in [0.3, 0.4) is 0 Å². The highest BCUT2D eigenvalue weighted by molar-refractivity contribution is 5.83. The van der Waals surface area contributed by atoms with Crippen molar-refractivity contribution in [3.63, 3.8) is 0 Å². The number of esters is 1. The van der Waals surface area contributed by atoms with Gasteiger partial charge in [-0.1, -0.05) is 20.8 Å². The Hall–Kier alpha value is -1.71. The summed E-state index contributed by atoms with van der Waals surface area (Å²) in [7, 11) is 7.79. The maximum atomic E-state index is 13.2. The lowest BCUT2D eigenvalue weighted by Crippen LogP contribution is -2.41. The van der Waals surface area contributed by atoms with Crippen molar-refractivity contribution in [2.24, 2.45) is 46.7 Å². The zero-order chi connectivity index (χ0) is 27.9. The smallest absolute Gasteiger partial charge is 0.309 e. The van der Waals surface area contributed by atoms with E-state index in [0.29, 0.717) is 31.3 Å². The van der Waals surface area contributed by atoms with Crippen molar-refractivity contribution in [3.05, 3.63) is 0 Å². The van der Waals surface area contributed by atoms with Gasteiger partial charge in [-0.25, -0.2) is 0 Å². The van der Waals surface area contributed by atoms with Crippen molar-refractivity contribution in [1.82, 2.24) is 15.1 Å². The van der Waals surface area contributed by atoms with E-state index in [4.69, 9.17) is 10.5 Å². The molecule has 7 atom stereocenters. The lowest BCUT2D eigenvalue weighted by Gasteiger charge is -2.35. The molecule has 7 unspecified atom stereocenters. The maximum absolute atomic E-state index is 13.2. The minimum absolute atomic E-state index is 0.113. The summed E-state index contributed by atoms with van der Waals surface area (Å²) >= 11 is 0. The monoisotopic (exact) mass is 524 g/mol. The SMILES string of the molecule is CC1C2CC(O)C(C2)C1CC(CC(CC(C)(C)C(=O)NCCCN(C)C)C(=O)OCCN(C)C)C(N)=O. The Labute approximate surface area is 223 Å². The molecule has 214 valence electrons. The summed E-state index contributed by atoms with van der Waals surface area (Å²) in [6, 6.07) is 0. The molecule has 4 N–H and O–H groups in total. The molecule has 0 heterocycles. The first-order valence-electron chi connectivity index (χ1n) is 13.9. The number of hydrogen-bond donors (Lipinski definition) is 3. The number of amides is 2. The Morgan fingerprint density at radius 2 is 1.73 bits per heavy atom. The van der Waals surface area contributed by atoms with Crippen molar-refractivity contribution in [2.75, 3.05) is 54.4 Å². The minimum atomic E-state index is -0.818. The number of aliphatic hydroxyl groups excluding tert-OH is 1. The van der Waals surface area contributed by atoms with Crippen molar-refractivity contribution >= 4 is 17.8 Å². The van der Waals surface area contributed by atoms with Crippen LogP contribution in [0.2, 0.25) is 0 Å². The van der Waals surface area contributed by atoms with Crippen LogP contribution in [0.1, 0.15) is 59.3 Å². The van der Waals surface area contributed by atoms with Gasteiger partial charge in [-0.2, -0.15) is 0 Å². The van der Waals surface area contributed by atoms with Crippen LogP contribution in [0.25, 0.3) is 0 Å². The van der Waals surface area contributed by atoms with Crippen molar-refractivity contribution in [2.45, 2.75) is 65.4 Å². The summed E-state index contributed by atoms with van der Waals surface area (Å²) in [5.74, 6) is -0.751. The number of hydrogen-bond acceptors (Lipinski definition) is 7. The average molecular weight is 525 g/mol. The summed E-state index contributed by atoms with van der Waals surface area (Å²) in [4.78, 5) is 42.8. The molecule has 2 saturated carbocycles. The number of nitrogens with two attached hydrogens (primary N) is 1. The first kappa shape index (κ1) is 31.5. The highest BCUT2D eigenvalue weighted by Gasteiger charge is 2.51. The predicted molar refractivity (Wildman–Crippen MR) is 144 cm³/mol. The molecule has 0 aliphatic heterocycles. The fourth-order valence-corrected chi connectivity index (χ4v) is 6.36. The van der Waals surface area contributed by atoms with E-state index in [9.17, 15) is 19.5 Å². The van der Waals surface area contributed by atoms with Gasteiger partial charge in [0.25, 0.3) is 0 Å². The standard InChI is InChI=1S/C28H52N4O5/c1-18-19-14-23(24(33)16-19)22(18)15-20(25(29)34)13-21(26(35)37-12-11-32(6)7)17-28(2,3)27(36)30-9-8-10-31(4)5/h18-24,33H,8-17H2,1-7H3,(H2,29,34)(H,30,36). The Morgan fingerprint density at radius 3 is 2.30 bits per heavy atom. The van der Waals surface area contributed by atoms with E-state index >= 15 is 0 Å². The van der Waals surface area contributed by atoms with Gasteiger partial charge in [-0.05, 0) is 96.9 Å². The fourth-order valence-electron chi connectivity index (χ4n) is 6.36. The molecule has 2 aliphatic carbocycles. The van der Waals surface area contributed by atoms with E-state index in [1.165, 1.54) is 0 Å². The Morgan fingerprint density at radius 1 is 1.08 bits per heavy atom. The molecule has 2 amide bonds. The van der Waals surface area contributed by atoms with Gasteiger partial charge in [-0.3, -0.25) is 14.4 Å². The van der Waals surface area contributed by atoms with Gasteiger partial charge in [0.2, 0.25) is 11.8 Å². The van der Waals surface area contributed by atoms with Crippen LogP contribution in [-0.2, 0) is 19.1 Å². The summed E-state index contributed by atoms with van der Waals surface area (Å²) in [6.07, 6.45) is 3.44. The van der Waals surface area contributed by atoms with Gasteiger partial charge >= 0.3 is 5.97 Å². The number of nitrogens with zero attached hydrogens (tertiary/aromatic N) is 2. The number of nitrogens with one attached hydrogen (secondary N) is 1. The highest BCUT2D eigenvalue weighted by Crippen LogP contribution is 2.54. The molecular weight excluding hydrogens is 472 g/mol. The summed E-state index contributed by atoms with van der Waals surface area (Å²) in [5, 5.41) is 13.5. The lowest BCUT2D eigenvalue weighted by molar-refractivity contribution is -0.151. The molecular formula is C28H52N4O5. The number of carbonyl (C=O) groups excluding carboxylic acids is 3. The van der Waals surface area contributed by atoms with E-state index < -0.39 is 23.2 Å². The Kier molecular flexibility index (Phi) is 11.8. The van der Waals surface area contributed by atoms with Crippen LogP contribution < -0.4 is 11.1 Å². The number of carbonyl (C=O) groups is 3. The fraction of sp³-hybridized carbons (Fsp3) is 0.893. The summed E-state index contributed by atoms with van der Waals surface area (Å²) < 4.78 is 5.59. The molecule has 2 bridgehead atoms. The predicted octanol–water partition coefficient (Wildman–Crippen LogP) is 1.73. The Balaban J connectivity index is 2.11. The van der Waals surface area contributed by atoms with Gasteiger partial charge in [-0.15, -0.1) is 0 Å². The third-order valence-corrected chi connectivity index (χ3v) is 8.67. The van der Waals surface area contributed by atoms with Gasteiger partial charge in [0, 0.05) is 24.4 Å². The molecule has 37 heavy (non-hydrogen) atoms. The number of fused-ring (bicyclic) bond motifs is 2. The van der Waals surface area contributed by atoms with Crippen molar-refractivity contribution in [1.29, 1.82) is 0 Å². The molecule has 2 rings (SSSR count).